The summed E-state index contributed by atoms with van der Waals surface area (Å²) in [6.45, 7) is 3.64. The topological polar surface area (TPSA) is 75.4 Å². The van der Waals surface area contributed by atoms with Crippen LogP contribution in [-0.2, 0) is 0 Å². The zero-order valence-electron chi connectivity index (χ0n) is 11.8. The van der Waals surface area contributed by atoms with E-state index < -0.39 is 5.91 Å². The minimum Gasteiger partial charge on any atom is -0.366 e. The SMILES string of the molecule is Cl.NC(=O)c1cccc(C(=O)N2CCC3(CCNC3)C2)c1. The van der Waals surface area contributed by atoms with Gasteiger partial charge in [-0.25, -0.2) is 0 Å². The van der Waals surface area contributed by atoms with E-state index >= 15 is 0 Å². The van der Waals surface area contributed by atoms with E-state index in [4.69, 9.17) is 5.73 Å². The highest BCUT2D eigenvalue weighted by atomic mass is 35.5. The number of halogens is 1. The number of primary amides is 1. The third kappa shape index (κ3) is 3.04. The van der Waals surface area contributed by atoms with Crippen molar-refractivity contribution in [1.82, 2.24) is 10.2 Å². The van der Waals surface area contributed by atoms with Gasteiger partial charge in [-0.05, 0) is 37.6 Å². The van der Waals surface area contributed by atoms with Crippen LogP contribution in [0.4, 0.5) is 0 Å². The van der Waals surface area contributed by atoms with Gasteiger partial charge in [0.1, 0.15) is 0 Å². The van der Waals surface area contributed by atoms with Crippen LogP contribution in [-0.4, -0.2) is 42.9 Å². The highest BCUT2D eigenvalue weighted by Crippen LogP contribution is 2.36. The van der Waals surface area contributed by atoms with Gasteiger partial charge in [0.05, 0.1) is 0 Å². The zero-order valence-corrected chi connectivity index (χ0v) is 12.6. The molecule has 21 heavy (non-hydrogen) atoms. The number of amides is 2. The number of hydrogen-bond acceptors (Lipinski definition) is 3. The molecule has 2 fully saturated rings. The lowest BCUT2D eigenvalue weighted by molar-refractivity contribution is 0.0775. The molecule has 2 aliphatic heterocycles. The normalized spacial score (nSPS) is 24.1. The lowest BCUT2D eigenvalue weighted by atomic mass is 9.86. The first kappa shape index (κ1) is 15.8. The van der Waals surface area contributed by atoms with E-state index in [1.807, 2.05) is 4.90 Å². The third-order valence-corrected chi connectivity index (χ3v) is 4.45. The van der Waals surface area contributed by atoms with E-state index in [1.54, 1.807) is 24.3 Å². The minimum atomic E-state index is -0.502. The van der Waals surface area contributed by atoms with Gasteiger partial charge in [0.15, 0.2) is 0 Å². The number of hydrogen-bond donors (Lipinski definition) is 2. The summed E-state index contributed by atoms with van der Waals surface area (Å²) in [7, 11) is 0. The first-order valence-electron chi connectivity index (χ1n) is 7.00. The number of likely N-dealkylation sites (tertiary alicyclic amines) is 1. The Balaban J connectivity index is 0.00000161. The molecule has 3 rings (SSSR count). The summed E-state index contributed by atoms with van der Waals surface area (Å²) >= 11 is 0. The van der Waals surface area contributed by atoms with Gasteiger partial charge in [-0.15, -0.1) is 12.4 Å². The molecule has 3 N–H and O–H groups in total. The quantitative estimate of drug-likeness (QED) is 0.857. The van der Waals surface area contributed by atoms with E-state index in [9.17, 15) is 9.59 Å². The molecule has 1 atom stereocenters. The number of benzene rings is 1. The number of nitrogens with one attached hydrogen (secondary N) is 1. The predicted molar refractivity (Wildman–Crippen MR) is 82.6 cm³/mol. The van der Waals surface area contributed by atoms with Crippen LogP contribution in [0, 0.1) is 5.41 Å². The molecule has 6 heteroatoms. The van der Waals surface area contributed by atoms with Gasteiger partial charge in [0.2, 0.25) is 5.91 Å². The Morgan fingerprint density at radius 3 is 2.67 bits per heavy atom. The minimum absolute atomic E-state index is 0. The van der Waals surface area contributed by atoms with Crippen molar-refractivity contribution in [3.05, 3.63) is 35.4 Å². The van der Waals surface area contributed by atoms with Gasteiger partial charge >= 0.3 is 0 Å². The molecule has 1 unspecified atom stereocenters. The van der Waals surface area contributed by atoms with Crippen LogP contribution in [0.3, 0.4) is 0 Å². The molecule has 0 aliphatic carbocycles. The van der Waals surface area contributed by atoms with Gasteiger partial charge in [0.25, 0.3) is 5.91 Å². The van der Waals surface area contributed by atoms with Crippen molar-refractivity contribution in [2.24, 2.45) is 11.1 Å². The van der Waals surface area contributed by atoms with E-state index in [0.717, 1.165) is 39.0 Å². The van der Waals surface area contributed by atoms with E-state index in [2.05, 4.69) is 5.32 Å². The van der Waals surface area contributed by atoms with E-state index in [1.165, 1.54) is 0 Å². The molecule has 0 saturated carbocycles. The van der Waals surface area contributed by atoms with Crippen molar-refractivity contribution in [3.63, 3.8) is 0 Å². The maximum Gasteiger partial charge on any atom is 0.253 e. The summed E-state index contributed by atoms with van der Waals surface area (Å²) in [5, 5.41) is 3.38. The number of rotatable bonds is 2. The van der Waals surface area contributed by atoms with Crippen LogP contribution in [0.1, 0.15) is 33.6 Å². The Hall–Kier alpha value is -1.59. The van der Waals surface area contributed by atoms with Gasteiger partial charge in [-0.1, -0.05) is 6.07 Å². The fraction of sp³-hybridized carbons (Fsp3) is 0.467. The number of carbonyl (C=O) groups is 2. The molecule has 2 heterocycles. The Morgan fingerprint density at radius 1 is 1.24 bits per heavy atom. The predicted octanol–water partition coefficient (Wildman–Crippen LogP) is 1.03. The fourth-order valence-corrected chi connectivity index (χ4v) is 3.24. The Kier molecular flexibility index (Phi) is 4.54. The molecule has 0 bridgehead atoms. The molecule has 114 valence electrons. The monoisotopic (exact) mass is 309 g/mol. The highest BCUT2D eigenvalue weighted by molar-refractivity contribution is 5.99. The fourth-order valence-electron chi connectivity index (χ4n) is 3.24. The van der Waals surface area contributed by atoms with Crippen molar-refractivity contribution in [3.8, 4) is 0 Å². The molecule has 2 aliphatic rings. The molecule has 0 aromatic heterocycles. The summed E-state index contributed by atoms with van der Waals surface area (Å²) in [5.74, 6) is -0.505. The summed E-state index contributed by atoms with van der Waals surface area (Å²) in [4.78, 5) is 25.6. The van der Waals surface area contributed by atoms with Gasteiger partial charge in [-0.3, -0.25) is 9.59 Å². The molecular weight excluding hydrogens is 290 g/mol. The second-order valence-corrected chi connectivity index (χ2v) is 5.85. The van der Waals surface area contributed by atoms with Crippen LogP contribution < -0.4 is 11.1 Å². The average Bonchev–Trinajstić information content (AvgIpc) is 3.09. The smallest absolute Gasteiger partial charge is 0.253 e. The van der Waals surface area contributed by atoms with Crippen molar-refractivity contribution in [1.29, 1.82) is 0 Å². The van der Waals surface area contributed by atoms with Gasteiger partial charge in [-0.2, -0.15) is 0 Å². The second-order valence-electron chi connectivity index (χ2n) is 5.85. The number of nitrogens with two attached hydrogens (primary N) is 1. The van der Waals surface area contributed by atoms with Crippen LogP contribution >= 0.6 is 12.4 Å². The Labute approximate surface area is 130 Å². The lowest BCUT2D eigenvalue weighted by Crippen LogP contribution is -2.33. The van der Waals surface area contributed by atoms with Crippen molar-refractivity contribution >= 4 is 24.2 Å². The summed E-state index contributed by atoms with van der Waals surface area (Å²) in [6.07, 6.45) is 2.19. The Bertz CT molecular complexity index is 556. The molecule has 1 spiro atoms. The zero-order chi connectivity index (χ0) is 14.2. The summed E-state index contributed by atoms with van der Waals surface area (Å²) in [5.41, 5.74) is 6.45. The van der Waals surface area contributed by atoms with Crippen LogP contribution in [0.15, 0.2) is 24.3 Å². The number of nitrogens with zero attached hydrogens (tertiary/aromatic N) is 1. The maximum atomic E-state index is 12.5. The standard InChI is InChI=1S/C15H19N3O2.ClH/c16-13(19)11-2-1-3-12(8-11)14(20)18-7-5-15(10-18)4-6-17-9-15;/h1-3,8,17H,4-7,9-10H2,(H2,16,19);1H. The second kappa shape index (κ2) is 6.03. The summed E-state index contributed by atoms with van der Waals surface area (Å²) < 4.78 is 0. The number of carbonyl (C=O) groups excluding carboxylic acids is 2. The third-order valence-electron chi connectivity index (χ3n) is 4.45. The van der Waals surface area contributed by atoms with Crippen molar-refractivity contribution in [2.75, 3.05) is 26.2 Å². The molecular formula is C15H20ClN3O2. The lowest BCUT2D eigenvalue weighted by Gasteiger charge is -2.22. The molecule has 2 amide bonds. The van der Waals surface area contributed by atoms with E-state index in [-0.39, 0.29) is 23.7 Å². The molecule has 0 radical (unpaired) electrons. The molecule has 1 aromatic carbocycles. The maximum absolute atomic E-state index is 12.5. The first-order valence-corrected chi connectivity index (χ1v) is 7.00. The first-order chi connectivity index (χ1) is 9.60. The van der Waals surface area contributed by atoms with Crippen LogP contribution in [0.5, 0.6) is 0 Å². The van der Waals surface area contributed by atoms with E-state index in [0.29, 0.717) is 11.1 Å². The molecule has 1 aromatic rings. The Morgan fingerprint density at radius 2 is 2.00 bits per heavy atom. The van der Waals surface area contributed by atoms with Crippen LogP contribution in [0.2, 0.25) is 0 Å². The molecule has 2 saturated heterocycles. The van der Waals surface area contributed by atoms with Crippen LogP contribution in [0.25, 0.3) is 0 Å². The molecule has 5 nitrogen and oxygen atoms in total. The van der Waals surface area contributed by atoms with Crippen molar-refractivity contribution in [2.45, 2.75) is 12.8 Å². The summed E-state index contributed by atoms with van der Waals surface area (Å²) in [6, 6.07) is 6.66. The largest absolute Gasteiger partial charge is 0.366 e. The van der Waals surface area contributed by atoms with Gasteiger partial charge < -0.3 is 16.0 Å². The van der Waals surface area contributed by atoms with Crippen molar-refractivity contribution < 1.29 is 9.59 Å². The van der Waals surface area contributed by atoms with Gasteiger partial charge in [0, 0.05) is 36.2 Å². The average molecular weight is 310 g/mol. The highest BCUT2D eigenvalue weighted by Gasteiger charge is 2.41.